The number of carbonyl (C=O) groups is 1. The van der Waals surface area contributed by atoms with Gasteiger partial charge in [0, 0.05) is 29.3 Å². The maximum atomic E-state index is 12.1. The predicted octanol–water partition coefficient (Wildman–Crippen LogP) is 6.80. The molecule has 0 saturated carbocycles. The van der Waals surface area contributed by atoms with Gasteiger partial charge in [0.05, 0.1) is 27.4 Å². The van der Waals surface area contributed by atoms with Crippen LogP contribution in [0.3, 0.4) is 0 Å². The van der Waals surface area contributed by atoms with Gasteiger partial charge in [0.1, 0.15) is 5.75 Å². The maximum Gasteiger partial charge on any atom is 0.251 e. The Morgan fingerprint density at radius 2 is 1.81 bits per heavy atom. The summed E-state index contributed by atoms with van der Waals surface area (Å²) >= 11 is 0. The van der Waals surface area contributed by atoms with Crippen LogP contribution in [-0.4, -0.2) is 33.5 Å². The van der Waals surface area contributed by atoms with E-state index in [4.69, 9.17) is 14.2 Å². The Labute approximate surface area is 216 Å². The summed E-state index contributed by atoms with van der Waals surface area (Å²) in [5.74, 6) is 8.25. The minimum atomic E-state index is -0.149. The molecule has 0 aromatic heterocycles. The first-order chi connectivity index (χ1) is 17.3. The van der Waals surface area contributed by atoms with Gasteiger partial charge in [-0.05, 0) is 62.7 Å². The predicted molar refractivity (Wildman–Crippen MR) is 150 cm³/mol. The highest BCUT2D eigenvalue weighted by Crippen LogP contribution is 2.30. The van der Waals surface area contributed by atoms with Crippen molar-refractivity contribution >= 4 is 18.3 Å². The van der Waals surface area contributed by atoms with Gasteiger partial charge in [-0.2, -0.15) is 0 Å². The fraction of sp³-hybridized carbons (Fsp3) is 0.400. The highest BCUT2D eigenvalue weighted by molar-refractivity contribution is 6.03. The standard InChI is InChI=1S/C18H23NO3.C12H17NO/c1-5-7-8-9-14(3)18(20)19-15-10-11-16(21-4)17(13-15)22-12-6-2;1-9(2)10-5-6-12(14-4)11(7-10)8-13-3/h9-11,13H,6,8,12H2,1-4H3,(H,19,20);5-7,9H,3,8H2,1-2,4H3/b14-9+;. The summed E-state index contributed by atoms with van der Waals surface area (Å²) in [5.41, 5.74) is 3.72. The first-order valence-electron chi connectivity index (χ1n) is 12.1. The van der Waals surface area contributed by atoms with Crippen molar-refractivity contribution in [3.05, 3.63) is 59.2 Å². The molecule has 0 saturated heterocycles. The molecule has 0 radical (unpaired) electrons. The van der Waals surface area contributed by atoms with E-state index in [-0.39, 0.29) is 5.91 Å². The highest BCUT2D eigenvalue weighted by Gasteiger charge is 2.09. The van der Waals surface area contributed by atoms with E-state index in [9.17, 15) is 4.79 Å². The third-order valence-corrected chi connectivity index (χ3v) is 5.18. The molecule has 0 atom stereocenters. The molecular formula is C30H40N2O4. The molecule has 6 heteroatoms. The normalized spacial score (nSPS) is 10.4. The van der Waals surface area contributed by atoms with Crippen molar-refractivity contribution in [3.8, 4) is 29.1 Å². The van der Waals surface area contributed by atoms with Crippen LogP contribution >= 0.6 is 0 Å². The molecule has 0 heterocycles. The average molecular weight is 493 g/mol. The van der Waals surface area contributed by atoms with E-state index in [1.807, 2.05) is 19.1 Å². The van der Waals surface area contributed by atoms with Crippen molar-refractivity contribution in [1.29, 1.82) is 0 Å². The van der Waals surface area contributed by atoms with Crippen LogP contribution < -0.4 is 19.5 Å². The van der Waals surface area contributed by atoms with Crippen LogP contribution in [0.1, 0.15) is 64.5 Å². The van der Waals surface area contributed by atoms with Crippen molar-refractivity contribution in [2.75, 3.05) is 26.1 Å². The van der Waals surface area contributed by atoms with Crippen LogP contribution in [0.15, 0.2) is 53.0 Å². The second-order valence-electron chi connectivity index (χ2n) is 8.29. The van der Waals surface area contributed by atoms with Gasteiger partial charge in [-0.1, -0.05) is 38.8 Å². The third kappa shape index (κ3) is 10.3. The van der Waals surface area contributed by atoms with E-state index in [1.54, 1.807) is 46.3 Å². The van der Waals surface area contributed by atoms with E-state index in [1.165, 1.54) is 5.56 Å². The number of benzene rings is 2. The molecule has 0 fully saturated rings. The van der Waals surface area contributed by atoms with Gasteiger partial charge in [-0.25, -0.2) is 0 Å². The molecule has 1 amide bonds. The third-order valence-electron chi connectivity index (χ3n) is 5.18. The average Bonchev–Trinajstić information content (AvgIpc) is 2.88. The second kappa shape index (κ2) is 16.8. The Hall–Kier alpha value is -3.72. The van der Waals surface area contributed by atoms with Crippen LogP contribution in [0.5, 0.6) is 17.2 Å². The number of hydrogen-bond donors (Lipinski definition) is 1. The summed E-state index contributed by atoms with van der Waals surface area (Å²) in [4.78, 5) is 16.0. The Morgan fingerprint density at radius 1 is 1.11 bits per heavy atom. The van der Waals surface area contributed by atoms with Crippen LogP contribution in [0.2, 0.25) is 0 Å². The zero-order chi connectivity index (χ0) is 26.9. The Balaban J connectivity index is 0.000000397. The minimum Gasteiger partial charge on any atom is -0.496 e. The number of anilines is 1. The lowest BCUT2D eigenvalue weighted by Gasteiger charge is -2.12. The molecule has 0 aliphatic rings. The van der Waals surface area contributed by atoms with Crippen LogP contribution in [-0.2, 0) is 11.3 Å². The number of aliphatic imine (C=N–C) groups is 1. The molecule has 194 valence electrons. The van der Waals surface area contributed by atoms with Gasteiger partial charge >= 0.3 is 0 Å². The van der Waals surface area contributed by atoms with Gasteiger partial charge in [0.25, 0.3) is 5.91 Å². The van der Waals surface area contributed by atoms with Gasteiger partial charge in [-0.3, -0.25) is 9.79 Å². The lowest BCUT2D eigenvalue weighted by atomic mass is 10.0. The van der Waals surface area contributed by atoms with Crippen LogP contribution in [0.4, 0.5) is 5.69 Å². The Bertz CT molecular complexity index is 1080. The summed E-state index contributed by atoms with van der Waals surface area (Å²) in [5, 5.41) is 2.85. The maximum absolute atomic E-state index is 12.1. The smallest absolute Gasteiger partial charge is 0.251 e. The molecule has 2 aromatic carbocycles. The number of rotatable bonds is 11. The molecule has 0 bridgehead atoms. The fourth-order valence-electron chi connectivity index (χ4n) is 3.11. The van der Waals surface area contributed by atoms with Crippen molar-refractivity contribution in [2.45, 2.75) is 59.9 Å². The zero-order valence-electron chi connectivity index (χ0n) is 22.7. The molecule has 0 spiro atoms. The van der Waals surface area contributed by atoms with Crippen molar-refractivity contribution in [3.63, 3.8) is 0 Å². The number of hydrogen-bond acceptors (Lipinski definition) is 5. The lowest BCUT2D eigenvalue weighted by molar-refractivity contribution is -0.112. The fourth-order valence-corrected chi connectivity index (χ4v) is 3.11. The topological polar surface area (TPSA) is 69.2 Å². The SMILES string of the molecule is C=NCc1cc(C(C)C)ccc1OC.CC#CC/C=C(\C)C(=O)Nc1ccc(OC)c(OCCC)c1. The first-order valence-corrected chi connectivity index (χ1v) is 12.1. The monoisotopic (exact) mass is 492 g/mol. The molecule has 0 aliphatic heterocycles. The van der Waals surface area contributed by atoms with Crippen LogP contribution in [0.25, 0.3) is 0 Å². The first kappa shape index (κ1) is 30.3. The molecule has 2 rings (SSSR count). The van der Waals surface area contributed by atoms with Gasteiger partial charge < -0.3 is 19.5 Å². The molecule has 36 heavy (non-hydrogen) atoms. The number of methoxy groups -OCH3 is 2. The number of allylic oxidation sites excluding steroid dienone is 1. The molecule has 0 aliphatic carbocycles. The summed E-state index contributed by atoms with van der Waals surface area (Å²) in [7, 11) is 3.27. The second-order valence-corrected chi connectivity index (χ2v) is 8.29. The van der Waals surface area contributed by atoms with Crippen LogP contribution in [0, 0.1) is 11.8 Å². The van der Waals surface area contributed by atoms with Gasteiger partial charge in [0.15, 0.2) is 11.5 Å². The van der Waals surface area contributed by atoms with E-state index >= 15 is 0 Å². The van der Waals surface area contributed by atoms with Crippen molar-refractivity contribution in [2.24, 2.45) is 4.99 Å². The number of carbonyl (C=O) groups excluding carboxylic acids is 1. The molecule has 0 unspecified atom stereocenters. The van der Waals surface area contributed by atoms with E-state index < -0.39 is 0 Å². The summed E-state index contributed by atoms with van der Waals surface area (Å²) in [6.07, 6.45) is 3.28. The zero-order valence-corrected chi connectivity index (χ0v) is 22.7. The minimum absolute atomic E-state index is 0.149. The number of ether oxygens (including phenoxy) is 3. The lowest BCUT2D eigenvalue weighted by Crippen LogP contribution is -2.12. The van der Waals surface area contributed by atoms with E-state index in [0.717, 1.165) is 17.7 Å². The highest BCUT2D eigenvalue weighted by atomic mass is 16.5. The number of amides is 1. The molecule has 2 aromatic rings. The summed E-state index contributed by atoms with van der Waals surface area (Å²) < 4.78 is 16.1. The summed E-state index contributed by atoms with van der Waals surface area (Å²) in [6, 6.07) is 11.6. The van der Waals surface area contributed by atoms with Gasteiger partial charge in [-0.15, -0.1) is 5.92 Å². The molecule has 6 nitrogen and oxygen atoms in total. The summed E-state index contributed by atoms with van der Waals surface area (Å²) in [6.45, 7) is 14.6. The van der Waals surface area contributed by atoms with Crippen molar-refractivity contribution in [1.82, 2.24) is 0 Å². The van der Waals surface area contributed by atoms with E-state index in [2.05, 4.69) is 54.8 Å². The Morgan fingerprint density at radius 3 is 2.39 bits per heavy atom. The Kier molecular flexibility index (Phi) is 14.2. The quantitative estimate of drug-likeness (QED) is 0.213. The van der Waals surface area contributed by atoms with Gasteiger partial charge in [0.2, 0.25) is 0 Å². The number of nitrogens with one attached hydrogen (secondary N) is 1. The molecule has 1 N–H and O–H groups in total. The molecular weight excluding hydrogens is 452 g/mol. The largest absolute Gasteiger partial charge is 0.496 e. The number of nitrogens with zero attached hydrogens (tertiary/aromatic N) is 1. The van der Waals surface area contributed by atoms with Crippen molar-refractivity contribution < 1.29 is 19.0 Å². The van der Waals surface area contributed by atoms with E-state index in [0.29, 0.717) is 48.2 Å².